The average Bonchev–Trinajstić information content (AvgIpc) is 4.12. The third-order valence-electron chi connectivity index (χ3n) is 12.3. The third kappa shape index (κ3) is 15.0. The number of amides is 3. The fourth-order valence-corrected chi connectivity index (χ4v) is 9.66. The summed E-state index contributed by atoms with van der Waals surface area (Å²) in [7, 11) is 4.21. The van der Waals surface area contributed by atoms with Crippen LogP contribution >= 0.6 is 22.7 Å². The van der Waals surface area contributed by atoms with Crippen LogP contribution < -0.4 is 36.1 Å². The molecule has 8 bridgehead atoms. The van der Waals surface area contributed by atoms with E-state index in [9.17, 15) is 24.3 Å². The first kappa shape index (κ1) is 52.3. The van der Waals surface area contributed by atoms with Gasteiger partial charge in [-0.25, -0.2) is 24.7 Å². The molecule has 6 N–H and O–H groups in total. The molecule has 0 atom stereocenters. The maximum Gasteiger partial charge on any atom is 0.335 e. The highest BCUT2D eigenvalue weighted by molar-refractivity contribution is 7.13. The highest BCUT2D eigenvalue weighted by Crippen LogP contribution is 2.32. The van der Waals surface area contributed by atoms with Crippen LogP contribution in [0.2, 0.25) is 0 Å². The lowest BCUT2D eigenvalue weighted by Gasteiger charge is -2.32. The number of rotatable bonds is 2. The van der Waals surface area contributed by atoms with Crippen LogP contribution in [0.3, 0.4) is 0 Å². The van der Waals surface area contributed by atoms with Crippen molar-refractivity contribution in [2.75, 3.05) is 114 Å². The van der Waals surface area contributed by atoms with Gasteiger partial charge in [-0.2, -0.15) is 0 Å². The number of likely N-dealkylation sites (N-methyl/N-ethyl adjacent to an activating group) is 2. The van der Waals surface area contributed by atoms with Gasteiger partial charge in [0.1, 0.15) is 44.5 Å². The van der Waals surface area contributed by atoms with Crippen molar-refractivity contribution in [1.29, 1.82) is 0 Å². The van der Waals surface area contributed by atoms with Crippen molar-refractivity contribution >= 4 is 69.4 Å². The van der Waals surface area contributed by atoms with E-state index in [1.807, 2.05) is 29.2 Å². The fraction of sp³-hybridized carbons (Fsp3) is 0.385. The van der Waals surface area contributed by atoms with E-state index in [4.69, 9.17) is 9.47 Å². The summed E-state index contributed by atoms with van der Waals surface area (Å²) in [5.41, 5.74) is 3.73. The summed E-state index contributed by atoms with van der Waals surface area (Å²) in [6.45, 7) is 10.4. The summed E-state index contributed by atoms with van der Waals surface area (Å²) in [5, 5.41) is 29.8. The van der Waals surface area contributed by atoms with Crippen LogP contribution in [0.4, 0.5) is 23.0 Å². The fourth-order valence-electron chi connectivity index (χ4n) is 8.06. The second-order valence-electron chi connectivity index (χ2n) is 17.9. The predicted octanol–water partition coefficient (Wildman–Crippen LogP) is 7.47. The highest BCUT2D eigenvalue weighted by atomic mass is 32.1. The summed E-state index contributed by atoms with van der Waals surface area (Å²) >= 11 is 2.76. The lowest BCUT2D eigenvalue weighted by molar-refractivity contribution is 0.0661. The van der Waals surface area contributed by atoms with Crippen molar-refractivity contribution in [2.24, 2.45) is 0 Å². The zero-order chi connectivity index (χ0) is 50.9. The molecule has 2 fully saturated rings. The van der Waals surface area contributed by atoms with E-state index in [2.05, 4.69) is 70.4 Å². The van der Waals surface area contributed by atoms with Gasteiger partial charge in [-0.15, -0.1) is 22.7 Å². The van der Waals surface area contributed by atoms with Crippen LogP contribution in [0.5, 0.6) is 11.5 Å². The van der Waals surface area contributed by atoms with E-state index in [1.54, 1.807) is 47.4 Å². The van der Waals surface area contributed by atoms with Gasteiger partial charge in [0.15, 0.2) is 0 Å². The molecular formula is C52H62N12O7S2. The number of carbonyl (C=O) groups excluding carboxylic acids is 3. The molecule has 2 aromatic carbocycles. The first-order valence-electron chi connectivity index (χ1n) is 24.6. The Balaban J connectivity index is 0.000000174. The van der Waals surface area contributed by atoms with E-state index >= 15 is 0 Å². The van der Waals surface area contributed by atoms with Crippen molar-refractivity contribution in [2.45, 2.75) is 38.5 Å². The standard InChI is InChI=1S/C26H30N6O3S.C21H20N4O4S.C5H12N2/c1-31-10-12-32(13-11-31)26(34)19-5-6-22-20(15-19)29-24(33)21-17-36-25(30-21)18-7-9-28-23(16-18)27-8-3-2-4-14-35-22;26-19-16-12-30-20(25-16)13-6-8-23-18(11-13)22-7-2-1-3-9-29-17-5-4-14(21(27)28)10-15(17)24-19;1-7-4-2-6-3-5-7/h5-7,9,15-17H,2-4,8,10-14H2,1H3,(H,27,28)(H,29,33);4-6,8,10-12H,1-3,7,9H2,(H,22,23)(H,24,26)(H,27,28);6H,2-5H2,1H3. The molecule has 4 aliphatic heterocycles. The second-order valence-corrected chi connectivity index (χ2v) is 19.6. The van der Waals surface area contributed by atoms with Crippen LogP contribution in [0.15, 0.2) is 83.8 Å². The van der Waals surface area contributed by atoms with E-state index in [-0.39, 0.29) is 23.1 Å². The number of thiazole rings is 2. The molecule has 6 aromatic rings. The van der Waals surface area contributed by atoms with Gasteiger partial charge < -0.3 is 55.9 Å². The van der Waals surface area contributed by atoms with Gasteiger partial charge in [0, 0.05) is 105 Å². The number of aromatic carboxylic acids is 1. The Kier molecular flexibility index (Phi) is 18.7. The monoisotopic (exact) mass is 1030 g/mol. The quantitative estimate of drug-likeness (QED) is 0.0988. The third-order valence-corrected chi connectivity index (χ3v) is 14.1. The molecule has 0 radical (unpaired) electrons. The number of nitrogens with one attached hydrogen (secondary N) is 5. The number of carbonyl (C=O) groups is 4. The average molecular weight is 1030 g/mol. The van der Waals surface area contributed by atoms with Crippen molar-refractivity contribution in [3.05, 3.63) is 106 Å². The number of hydrogen-bond acceptors (Lipinski definition) is 17. The van der Waals surface area contributed by atoms with Gasteiger partial charge in [-0.05, 0) is 113 Å². The molecule has 0 aliphatic carbocycles. The predicted molar refractivity (Wildman–Crippen MR) is 286 cm³/mol. The van der Waals surface area contributed by atoms with Crippen molar-refractivity contribution < 1.29 is 33.8 Å². The van der Waals surface area contributed by atoms with Crippen LogP contribution in [0.1, 0.15) is 80.2 Å². The van der Waals surface area contributed by atoms with Crippen LogP contribution in [-0.2, 0) is 0 Å². The first-order valence-corrected chi connectivity index (χ1v) is 26.4. The molecule has 73 heavy (non-hydrogen) atoms. The zero-order valence-electron chi connectivity index (χ0n) is 41.2. The number of ether oxygens (including phenoxy) is 2. The normalized spacial score (nSPS) is 16.9. The molecule has 10 rings (SSSR count). The van der Waals surface area contributed by atoms with Gasteiger partial charge in [0.05, 0.1) is 30.2 Å². The maximum absolute atomic E-state index is 13.2. The maximum atomic E-state index is 13.2. The Morgan fingerprint density at radius 2 is 1.08 bits per heavy atom. The lowest BCUT2D eigenvalue weighted by atomic mass is 10.1. The SMILES string of the molecule is CN1CCN(C(=O)c2ccc3c(c2)NC(=O)c2csc(n2)-c2ccnc(c2)NCCCCCO3)CC1.CN1CCNCC1.O=C(O)c1ccc2c(c1)NC(=O)c1csc(n1)-c1ccnc(c1)NCCCCCO2. The highest BCUT2D eigenvalue weighted by Gasteiger charge is 2.23. The molecule has 4 aliphatic rings. The molecule has 8 heterocycles. The molecule has 4 aromatic heterocycles. The largest absolute Gasteiger partial charge is 0.491 e. The molecule has 0 spiro atoms. The number of piperazine rings is 2. The Morgan fingerprint density at radius 1 is 0.589 bits per heavy atom. The van der Waals surface area contributed by atoms with Crippen molar-refractivity contribution in [3.8, 4) is 32.6 Å². The zero-order valence-corrected chi connectivity index (χ0v) is 42.8. The topological polar surface area (TPSA) is 228 Å². The summed E-state index contributed by atoms with van der Waals surface area (Å²) in [6.07, 6.45) is 9.05. The lowest BCUT2D eigenvalue weighted by Crippen LogP contribution is -2.47. The minimum atomic E-state index is -1.08. The van der Waals surface area contributed by atoms with Gasteiger partial charge in [0.2, 0.25) is 0 Å². The number of nitrogens with zero attached hydrogens (tertiary/aromatic N) is 7. The number of pyridine rings is 2. The Labute approximate surface area is 432 Å². The van der Waals surface area contributed by atoms with E-state index < -0.39 is 11.9 Å². The smallest absolute Gasteiger partial charge is 0.335 e. The molecule has 3 amide bonds. The number of carboxylic acids is 1. The summed E-state index contributed by atoms with van der Waals surface area (Å²) in [5.74, 6) is 0.647. The number of hydrogen-bond donors (Lipinski definition) is 6. The Bertz CT molecular complexity index is 2830. The minimum absolute atomic E-state index is 0.0412. The summed E-state index contributed by atoms with van der Waals surface area (Å²) < 4.78 is 11.8. The first-order chi connectivity index (χ1) is 35.6. The Hall–Kier alpha value is -7.04. The molecule has 21 heteroatoms. The molecule has 19 nitrogen and oxygen atoms in total. The summed E-state index contributed by atoms with van der Waals surface area (Å²) in [4.78, 5) is 74.5. The van der Waals surface area contributed by atoms with E-state index in [0.717, 1.165) is 106 Å². The van der Waals surface area contributed by atoms with Gasteiger partial charge in [-0.3, -0.25) is 14.4 Å². The van der Waals surface area contributed by atoms with Gasteiger partial charge in [0.25, 0.3) is 17.7 Å². The van der Waals surface area contributed by atoms with Gasteiger partial charge >= 0.3 is 5.97 Å². The second kappa shape index (κ2) is 26.1. The number of anilines is 4. The van der Waals surface area contributed by atoms with Crippen molar-refractivity contribution in [3.63, 3.8) is 0 Å². The summed E-state index contributed by atoms with van der Waals surface area (Å²) in [6, 6.07) is 17.3. The number of aromatic nitrogens is 4. The van der Waals surface area contributed by atoms with Crippen LogP contribution in [-0.4, -0.2) is 156 Å². The van der Waals surface area contributed by atoms with Crippen LogP contribution in [0, 0.1) is 0 Å². The number of fused-ring (bicyclic) bond motifs is 12. The van der Waals surface area contributed by atoms with Crippen LogP contribution in [0.25, 0.3) is 21.1 Å². The number of carboxylic acid groups (broad SMARTS) is 1. The Morgan fingerprint density at radius 3 is 1.58 bits per heavy atom. The minimum Gasteiger partial charge on any atom is -0.491 e. The molecule has 2 saturated heterocycles. The van der Waals surface area contributed by atoms with Gasteiger partial charge in [-0.1, -0.05) is 0 Å². The molecule has 0 unspecified atom stereocenters. The van der Waals surface area contributed by atoms with E-state index in [0.29, 0.717) is 65.4 Å². The molecule has 384 valence electrons. The molecule has 0 saturated carbocycles. The van der Waals surface area contributed by atoms with Crippen molar-refractivity contribution in [1.82, 2.24) is 40.0 Å². The van der Waals surface area contributed by atoms with E-state index in [1.165, 1.54) is 47.9 Å². The molecular weight excluding hydrogens is 969 g/mol. The number of benzene rings is 2.